The number of hydrogen-bond acceptors (Lipinski definition) is 1. The van der Waals surface area contributed by atoms with Gasteiger partial charge < -0.3 is 5.32 Å². The zero-order valence-electron chi connectivity index (χ0n) is 17.0. The summed E-state index contributed by atoms with van der Waals surface area (Å²) in [6.45, 7) is 0. The molecule has 0 unspecified atom stereocenters. The number of anilines is 2. The van der Waals surface area contributed by atoms with Gasteiger partial charge in [0.25, 0.3) is 0 Å². The van der Waals surface area contributed by atoms with Gasteiger partial charge in [-0.05, 0) is 67.7 Å². The maximum atomic E-state index is 3.66. The Hall–Kier alpha value is -4.10. The molecule has 0 aliphatic heterocycles. The molecule has 0 saturated heterocycles. The van der Waals surface area contributed by atoms with Gasteiger partial charge in [-0.15, -0.1) is 0 Å². The van der Waals surface area contributed by atoms with Crippen molar-refractivity contribution in [1.29, 1.82) is 0 Å². The summed E-state index contributed by atoms with van der Waals surface area (Å²) in [6.07, 6.45) is 0. The molecule has 0 spiro atoms. The topological polar surface area (TPSA) is 12.0 Å². The Morgan fingerprint density at radius 2 is 1.03 bits per heavy atom. The molecule has 0 aliphatic carbocycles. The lowest BCUT2D eigenvalue weighted by molar-refractivity contribution is 1.58. The van der Waals surface area contributed by atoms with Crippen molar-refractivity contribution in [2.75, 3.05) is 5.32 Å². The van der Waals surface area contributed by atoms with E-state index in [9.17, 15) is 0 Å². The van der Waals surface area contributed by atoms with Crippen LogP contribution in [0.25, 0.3) is 43.4 Å². The first kappa shape index (κ1) is 17.7. The molecule has 0 amide bonds. The van der Waals surface area contributed by atoms with E-state index in [-0.39, 0.29) is 0 Å². The summed E-state index contributed by atoms with van der Waals surface area (Å²) in [6, 6.07) is 43.3. The molecule has 0 fully saturated rings. The smallest absolute Gasteiger partial charge is 0.0396 e. The van der Waals surface area contributed by atoms with Gasteiger partial charge in [-0.1, -0.05) is 97.1 Å². The third-order valence-corrected chi connectivity index (χ3v) is 5.98. The summed E-state index contributed by atoms with van der Waals surface area (Å²) in [5.41, 5.74) is 4.66. The summed E-state index contributed by atoms with van der Waals surface area (Å²) >= 11 is 0. The normalized spacial score (nSPS) is 11.2. The molecule has 0 radical (unpaired) electrons. The molecule has 146 valence electrons. The first-order valence-corrected chi connectivity index (χ1v) is 10.6. The first-order valence-electron chi connectivity index (χ1n) is 10.6. The van der Waals surface area contributed by atoms with E-state index in [0.717, 1.165) is 11.4 Å². The first-order chi connectivity index (χ1) is 15.3. The van der Waals surface area contributed by atoms with Crippen molar-refractivity contribution in [3.63, 3.8) is 0 Å². The van der Waals surface area contributed by atoms with Crippen LogP contribution < -0.4 is 5.32 Å². The molecule has 0 aromatic heterocycles. The van der Waals surface area contributed by atoms with E-state index in [1.165, 1.54) is 43.4 Å². The number of rotatable bonds is 3. The highest BCUT2D eigenvalue weighted by Gasteiger charge is 2.08. The molecule has 6 aromatic carbocycles. The minimum Gasteiger partial charge on any atom is -0.355 e. The SMILES string of the molecule is c1ccc(-c2cc(Nc3ccc4ccc5ccccc5c4c3)cc3ccccc23)cc1. The van der Waals surface area contributed by atoms with Crippen LogP contribution in [-0.2, 0) is 0 Å². The molecule has 1 nitrogen and oxygen atoms in total. The van der Waals surface area contributed by atoms with Crippen LogP contribution in [0.2, 0.25) is 0 Å². The van der Waals surface area contributed by atoms with Crippen molar-refractivity contribution in [2.24, 2.45) is 0 Å². The minimum absolute atomic E-state index is 1.09. The Labute approximate surface area is 181 Å². The van der Waals surface area contributed by atoms with Gasteiger partial charge in [-0.3, -0.25) is 0 Å². The van der Waals surface area contributed by atoms with Crippen molar-refractivity contribution in [3.8, 4) is 11.1 Å². The lowest BCUT2D eigenvalue weighted by Gasteiger charge is -2.14. The van der Waals surface area contributed by atoms with Crippen molar-refractivity contribution in [1.82, 2.24) is 0 Å². The Bertz CT molecular complexity index is 1550. The molecule has 6 rings (SSSR count). The number of fused-ring (bicyclic) bond motifs is 4. The molecule has 0 atom stereocenters. The summed E-state index contributed by atoms with van der Waals surface area (Å²) in [4.78, 5) is 0. The lowest BCUT2D eigenvalue weighted by Crippen LogP contribution is -1.92. The van der Waals surface area contributed by atoms with Gasteiger partial charge in [-0.25, -0.2) is 0 Å². The van der Waals surface area contributed by atoms with Crippen molar-refractivity contribution >= 4 is 43.7 Å². The van der Waals surface area contributed by atoms with E-state index < -0.39 is 0 Å². The summed E-state index contributed by atoms with van der Waals surface area (Å²) in [5.74, 6) is 0. The summed E-state index contributed by atoms with van der Waals surface area (Å²) in [7, 11) is 0. The van der Waals surface area contributed by atoms with E-state index in [4.69, 9.17) is 0 Å². The Balaban J connectivity index is 1.49. The number of nitrogens with one attached hydrogen (secondary N) is 1. The summed E-state index contributed by atoms with van der Waals surface area (Å²) < 4.78 is 0. The second kappa shape index (κ2) is 7.30. The maximum Gasteiger partial charge on any atom is 0.0396 e. The average molecular weight is 396 g/mol. The zero-order valence-corrected chi connectivity index (χ0v) is 17.0. The predicted octanol–water partition coefficient (Wildman–Crippen LogP) is 8.56. The van der Waals surface area contributed by atoms with Crippen LogP contribution in [0.15, 0.2) is 121 Å². The third kappa shape index (κ3) is 3.21. The molecule has 1 N–H and O–H groups in total. The molecule has 0 saturated carbocycles. The molecule has 31 heavy (non-hydrogen) atoms. The largest absolute Gasteiger partial charge is 0.355 e. The number of hydrogen-bond donors (Lipinski definition) is 1. The molecule has 6 aromatic rings. The van der Waals surface area contributed by atoms with Crippen LogP contribution in [0.5, 0.6) is 0 Å². The Morgan fingerprint density at radius 1 is 0.387 bits per heavy atom. The van der Waals surface area contributed by atoms with Gasteiger partial charge >= 0.3 is 0 Å². The van der Waals surface area contributed by atoms with Gasteiger partial charge in [0.1, 0.15) is 0 Å². The van der Waals surface area contributed by atoms with E-state index >= 15 is 0 Å². The number of benzene rings is 6. The molecule has 0 heterocycles. The van der Waals surface area contributed by atoms with Crippen LogP contribution in [-0.4, -0.2) is 0 Å². The minimum atomic E-state index is 1.09. The van der Waals surface area contributed by atoms with Gasteiger partial charge in [0.15, 0.2) is 0 Å². The van der Waals surface area contributed by atoms with E-state index in [2.05, 4.69) is 127 Å². The fourth-order valence-electron chi connectivity index (χ4n) is 4.49. The quantitative estimate of drug-likeness (QED) is 0.296. The fraction of sp³-hybridized carbons (Fsp3) is 0. The highest BCUT2D eigenvalue weighted by atomic mass is 14.9. The highest BCUT2D eigenvalue weighted by Crippen LogP contribution is 2.34. The second-order valence-electron chi connectivity index (χ2n) is 7.96. The second-order valence-corrected chi connectivity index (χ2v) is 7.96. The fourth-order valence-corrected chi connectivity index (χ4v) is 4.49. The van der Waals surface area contributed by atoms with Crippen LogP contribution in [0.3, 0.4) is 0 Å². The third-order valence-electron chi connectivity index (χ3n) is 5.98. The van der Waals surface area contributed by atoms with Gasteiger partial charge in [0.2, 0.25) is 0 Å². The predicted molar refractivity (Wildman–Crippen MR) is 134 cm³/mol. The Morgan fingerprint density at radius 3 is 1.87 bits per heavy atom. The van der Waals surface area contributed by atoms with Crippen molar-refractivity contribution < 1.29 is 0 Å². The monoisotopic (exact) mass is 395 g/mol. The lowest BCUT2D eigenvalue weighted by atomic mass is 9.97. The molecule has 0 bridgehead atoms. The Kier molecular flexibility index (Phi) is 4.18. The van der Waals surface area contributed by atoms with Gasteiger partial charge in [0, 0.05) is 11.4 Å². The van der Waals surface area contributed by atoms with Crippen LogP contribution in [0.4, 0.5) is 11.4 Å². The van der Waals surface area contributed by atoms with Crippen LogP contribution in [0.1, 0.15) is 0 Å². The maximum absolute atomic E-state index is 3.66. The van der Waals surface area contributed by atoms with Crippen molar-refractivity contribution in [3.05, 3.63) is 121 Å². The van der Waals surface area contributed by atoms with Gasteiger partial charge in [0.05, 0.1) is 0 Å². The van der Waals surface area contributed by atoms with Crippen LogP contribution in [0, 0.1) is 0 Å². The van der Waals surface area contributed by atoms with E-state index in [1.54, 1.807) is 0 Å². The molecular formula is C30H21N. The molecular weight excluding hydrogens is 374 g/mol. The van der Waals surface area contributed by atoms with Crippen LogP contribution >= 0.6 is 0 Å². The average Bonchev–Trinajstić information content (AvgIpc) is 2.84. The summed E-state index contributed by atoms with van der Waals surface area (Å²) in [5, 5.41) is 11.2. The standard InChI is InChI=1S/C30H21N/c1-2-8-21(9-3-1)30-20-26(18-24-11-5-7-13-28(24)30)31-25-17-16-23-15-14-22-10-4-6-12-27(22)29(23)19-25/h1-20,31H. The molecule has 1 heteroatoms. The zero-order chi connectivity index (χ0) is 20.6. The van der Waals surface area contributed by atoms with Gasteiger partial charge in [-0.2, -0.15) is 0 Å². The highest BCUT2D eigenvalue weighted by molar-refractivity contribution is 6.08. The van der Waals surface area contributed by atoms with E-state index in [1.807, 2.05) is 0 Å². The van der Waals surface area contributed by atoms with Crippen molar-refractivity contribution in [2.45, 2.75) is 0 Å². The van der Waals surface area contributed by atoms with E-state index in [0.29, 0.717) is 0 Å². The molecule has 0 aliphatic rings.